The minimum atomic E-state index is -0.0199. The Morgan fingerprint density at radius 3 is 2.45 bits per heavy atom. The monoisotopic (exact) mass is 305 g/mol. The van der Waals surface area contributed by atoms with Crippen LogP contribution >= 0.6 is 0 Å². The summed E-state index contributed by atoms with van der Waals surface area (Å²) >= 11 is 0. The summed E-state index contributed by atoms with van der Waals surface area (Å²) in [4.78, 5) is 14.3. The number of carbonyl (C=O) groups excluding carboxylic acids is 1. The Morgan fingerprint density at radius 1 is 1.18 bits per heavy atom. The highest BCUT2D eigenvalue weighted by atomic mass is 16.5. The molecule has 0 N–H and O–H groups in total. The Balaban J connectivity index is 3.01. The zero-order chi connectivity index (χ0) is 16.5. The van der Waals surface area contributed by atoms with Crippen molar-refractivity contribution in [2.24, 2.45) is 0 Å². The molecule has 122 valence electrons. The third-order valence-corrected chi connectivity index (χ3v) is 3.08. The SMILES string of the molecule is C=C(C)CN(CC)C(=O)c1ccc(OCCC)c(OCC)c1. The predicted octanol–water partition coefficient (Wildman–Crippen LogP) is 3.91. The molecule has 0 spiro atoms. The number of hydrogen-bond acceptors (Lipinski definition) is 3. The fourth-order valence-corrected chi connectivity index (χ4v) is 2.08. The first-order chi connectivity index (χ1) is 10.5. The number of likely N-dealkylation sites (N-methyl/N-ethyl adjacent to an activating group) is 1. The van der Waals surface area contributed by atoms with Crippen LogP contribution in [0.5, 0.6) is 11.5 Å². The molecule has 0 saturated carbocycles. The lowest BCUT2D eigenvalue weighted by Crippen LogP contribution is -2.32. The number of ether oxygens (including phenoxy) is 2. The van der Waals surface area contributed by atoms with Crippen molar-refractivity contribution < 1.29 is 14.3 Å². The van der Waals surface area contributed by atoms with Gasteiger partial charge >= 0.3 is 0 Å². The molecule has 0 saturated heterocycles. The highest BCUT2D eigenvalue weighted by molar-refractivity contribution is 5.95. The van der Waals surface area contributed by atoms with Crippen molar-refractivity contribution in [3.8, 4) is 11.5 Å². The molecular formula is C18H27NO3. The second kappa shape index (κ2) is 9.13. The van der Waals surface area contributed by atoms with Crippen LogP contribution in [0.4, 0.5) is 0 Å². The number of carbonyl (C=O) groups is 1. The van der Waals surface area contributed by atoms with Crippen molar-refractivity contribution in [2.75, 3.05) is 26.3 Å². The molecule has 4 heteroatoms. The van der Waals surface area contributed by atoms with Gasteiger partial charge in [-0.05, 0) is 45.4 Å². The van der Waals surface area contributed by atoms with E-state index in [1.165, 1.54) is 0 Å². The summed E-state index contributed by atoms with van der Waals surface area (Å²) in [6.07, 6.45) is 0.925. The van der Waals surface area contributed by atoms with E-state index in [1.807, 2.05) is 26.8 Å². The van der Waals surface area contributed by atoms with Crippen molar-refractivity contribution in [1.29, 1.82) is 0 Å². The topological polar surface area (TPSA) is 38.8 Å². The average molecular weight is 305 g/mol. The first-order valence-corrected chi connectivity index (χ1v) is 7.86. The van der Waals surface area contributed by atoms with Crippen LogP contribution in [-0.4, -0.2) is 37.1 Å². The van der Waals surface area contributed by atoms with Gasteiger partial charge in [-0.2, -0.15) is 0 Å². The molecule has 0 fully saturated rings. The van der Waals surface area contributed by atoms with Crippen LogP contribution in [0, 0.1) is 0 Å². The molecular weight excluding hydrogens is 278 g/mol. The number of benzene rings is 1. The summed E-state index contributed by atoms with van der Waals surface area (Å²) in [5.41, 5.74) is 1.57. The summed E-state index contributed by atoms with van der Waals surface area (Å²) in [5.74, 6) is 1.28. The molecule has 0 bridgehead atoms. The van der Waals surface area contributed by atoms with Crippen LogP contribution < -0.4 is 9.47 Å². The molecule has 4 nitrogen and oxygen atoms in total. The van der Waals surface area contributed by atoms with Gasteiger partial charge in [-0.25, -0.2) is 0 Å². The summed E-state index contributed by atoms with van der Waals surface area (Å²) in [5, 5.41) is 0. The zero-order valence-electron chi connectivity index (χ0n) is 14.1. The van der Waals surface area contributed by atoms with Gasteiger partial charge < -0.3 is 14.4 Å². The van der Waals surface area contributed by atoms with E-state index in [0.717, 1.165) is 12.0 Å². The summed E-state index contributed by atoms with van der Waals surface area (Å²) in [6.45, 7) is 14.1. The maximum absolute atomic E-state index is 12.6. The molecule has 1 aromatic carbocycles. The molecule has 1 rings (SSSR count). The molecule has 0 aliphatic carbocycles. The Labute approximate surface area is 133 Å². The highest BCUT2D eigenvalue weighted by Gasteiger charge is 2.16. The first kappa shape index (κ1) is 18.1. The Kier molecular flexibility index (Phi) is 7.50. The van der Waals surface area contributed by atoms with Crippen molar-refractivity contribution in [2.45, 2.75) is 34.1 Å². The second-order valence-corrected chi connectivity index (χ2v) is 5.22. The van der Waals surface area contributed by atoms with Gasteiger partial charge in [0, 0.05) is 18.7 Å². The van der Waals surface area contributed by atoms with E-state index in [0.29, 0.717) is 43.4 Å². The lowest BCUT2D eigenvalue weighted by atomic mass is 10.1. The van der Waals surface area contributed by atoms with Crippen LogP contribution in [0.2, 0.25) is 0 Å². The van der Waals surface area contributed by atoms with Gasteiger partial charge in [-0.3, -0.25) is 4.79 Å². The van der Waals surface area contributed by atoms with Gasteiger partial charge in [0.05, 0.1) is 13.2 Å². The van der Waals surface area contributed by atoms with E-state index in [4.69, 9.17) is 9.47 Å². The molecule has 0 aromatic heterocycles. The Bertz CT molecular complexity index is 511. The Morgan fingerprint density at radius 2 is 1.91 bits per heavy atom. The fourth-order valence-electron chi connectivity index (χ4n) is 2.08. The third kappa shape index (κ3) is 5.10. The fraction of sp³-hybridized carbons (Fsp3) is 0.500. The number of rotatable bonds is 9. The van der Waals surface area contributed by atoms with E-state index in [1.54, 1.807) is 17.0 Å². The Hall–Kier alpha value is -1.97. The number of nitrogens with zero attached hydrogens (tertiary/aromatic N) is 1. The van der Waals surface area contributed by atoms with E-state index in [9.17, 15) is 4.79 Å². The largest absolute Gasteiger partial charge is 0.490 e. The average Bonchev–Trinajstić information content (AvgIpc) is 2.50. The molecule has 0 unspecified atom stereocenters. The van der Waals surface area contributed by atoms with Gasteiger partial charge in [-0.1, -0.05) is 19.1 Å². The summed E-state index contributed by atoms with van der Waals surface area (Å²) < 4.78 is 11.3. The van der Waals surface area contributed by atoms with Crippen LogP contribution in [-0.2, 0) is 0 Å². The van der Waals surface area contributed by atoms with E-state index < -0.39 is 0 Å². The van der Waals surface area contributed by atoms with E-state index in [2.05, 4.69) is 13.5 Å². The second-order valence-electron chi connectivity index (χ2n) is 5.22. The maximum Gasteiger partial charge on any atom is 0.254 e. The summed E-state index contributed by atoms with van der Waals surface area (Å²) in [7, 11) is 0. The van der Waals surface area contributed by atoms with Gasteiger partial charge in [0.1, 0.15) is 0 Å². The lowest BCUT2D eigenvalue weighted by Gasteiger charge is -2.21. The first-order valence-electron chi connectivity index (χ1n) is 7.86. The minimum absolute atomic E-state index is 0.0199. The lowest BCUT2D eigenvalue weighted by molar-refractivity contribution is 0.0777. The number of hydrogen-bond donors (Lipinski definition) is 0. The smallest absolute Gasteiger partial charge is 0.254 e. The molecule has 1 amide bonds. The molecule has 0 radical (unpaired) electrons. The van der Waals surface area contributed by atoms with Crippen LogP contribution in [0.3, 0.4) is 0 Å². The van der Waals surface area contributed by atoms with Gasteiger partial charge in [0.15, 0.2) is 11.5 Å². The van der Waals surface area contributed by atoms with Crippen molar-refractivity contribution in [3.63, 3.8) is 0 Å². The van der Waals surface area contributed by atoms with E-state index in [-0.39, 0.29) is 5.91 Å². The predicted molar refractivity (Wildman–Crippen MR) is 89.8 cm³/mol. The summed E-state index contributed by atoms with van der Waals surface area (Å²) in [6, 6.07) is 5.36. The zero-order valence-corrected chi connectivity index (χ0v) is 14.1. The molecule has 0 heterocycles. The molecule has 1 aromatic rings. The van der Waals surface area contributed by atoms with Crippen LogP contribution in [0.15, 0.2) is 30.4 Å². The third-order valence-electron chi connectivity index (χ3n) is 3.08. The highest BCUT2D eigenvalue weighted by Crippen LogP contribution is 2.29. The van der Waals surface area contributed by atoms with Gasteiger partial charge in [-0.15, -0.1) is 0 Å². The number of amides is 1. The molecule has 0 aliphatic rings. The molecule has 22 heavy (non-hydrogen) atoms. The van der Waals surface area contributed by atoms with Crippen molar-refractivity contribution in [3.05, 3.63) is 35.9 Å². The minimum Gasteiger partial charge on any atom is -0.490 e. The van der Waals surface area contributed by atoms with Crippen molar-refractivity contribution >= 4 is 5.91 Å². The van der Waals surface area contributed by atoms with E-state index >= 15 is 0 Å². The van der Waals surface area contributed by atoms with Gasteiger partial charge in [0.2, 0.25) is 0 Å². The normalized spacial score (nSPS) is 10.2. The maximum atomic E-state index is 12.6. The van der Waals surface area contributed by atoms with Gasteiger partial charge in [0.25, 0.3) is 5.91 Å². The van der Waals surface area contributed by atoms with Crippen molar-refractivity contribution in [1.82, 2.24) is 4.90 Å². The standard InChI is InChI=1S/C18H27NO3/c1-6-11-22-16-10-9-15(12-17(16)21-8-3)18(20)19(7-2)13-14(4)5/h9-10,12H,4,6-8,11,13H2,1-3,5H3. The van der Waals surface area contributed by atoms with Crippen LogP contribution in [0.1, 0.15) is 44.5 Å². The quantitative estimate of drug-likeness (QED) is 0.649. The van der Waals surface area contributed by atoms with Crippen LogP contribution in [0.25, 0.3) is 0 Å². The molecule has 0 atom stereocenters. The molecule has 0 aliphatic heterocycles.